The summed E-state index contributed by atoms with van der Waals surface area (Å²) < 4.78 is 0. The third-order valence-electron chi connectivity index (χ3n) is 4.82. The van der Waals surface area contributed by atoms with Crippen LogP contribution >= 0.6 is 0 Å². The lowest BCUT2D eigenvalue weighted by molar-refractivity contribution is 0.475. The first-order valence-electron chi connectivity index (χ1n) is 9.22. The second kappa shape index (κ2) is 8.31. The van der Waals surface area contributed by atoms with E-state index in [1.54, 1.807) is 18.3 Å². The number of nitrogens with zero attached hydrogens (tertiary/aromatic N) is 6. The van der Waals surface area contributed by atoms with Gasteiger partial charge in [-0.15, -0.1) is 10.2 Å². The van der Waals surface area contributed by atoms with Gasteiger partial charge in [0.2, 0.25) is 5.82 Å². The van der Waals surface area contributed by atoms with E-state index in [9.17, 15) is 10.4 Å². The summed E-state index contributed by atoms with van der Waals surface area (Å²) in [5.41, 5.74) is 3.45. The molecule has 0 atom stereocenters. The number of nitriles is 1. The van der Waals surface area contributed by atoms with E-state index < -0.39 is 0 Å². The summed E-state index contributed by atoms with van der Waals surface area (Å²) in [5.74, 6) is 0.540. The molecular weight excluding hydrogens is 368 g/mol. The van der Waals surface area contributed by atoms with Crippen molar-refractivity contribution in [3.8, 4) is 11.8 Å². The maximum absolute atomic E-state index is 9.44. The molecule has 29 heavy (non-hydrogen) atoms. The van der Waals surface area contributed by atoms with Gasteiger partial charge in [0, 0.05) is 49.4 Å². The Labute approximate surface area is 167 Å². The van der Waals surface area contributed by atoms with Crippen LogP contribution in [0.4, 0.5) is 17.1 Å². The lowest BCUT2D eigenvalue weighted by atomic mass is 10.2. The predicted octanol–water partition coefficient (Wildman–Crippen LogP) is 2.21. The van der Waals surface area contributed by atoms with Crippen molar-refractivity contribution in [3.05, 3.63) is 60.6 Å². The number of anilines is 3. The zero-order valence-corrected chi connectivity index (χ0v) is 15.7. The van der Waals surface area contributed by atoms with Gasteiger partial charge in [-0.05, 0) is 53.7 Å². The number of piperazine rings is 1. The highest BCUT2D eigenvalue weighted by Gasteiger charge is 2.17. The molecule has 2 aromatic carbocycles. The fourth-order valence-corrected chi connectivity index (χ4v) is 3.23. The minimum atomic E-state index is 0.253. The Morgan fingerprint density at radius 3 is 2.10 bits per heavy atom. The largest absolute Gasteiger partial charge is 0.508 e. The van der Waals surface area contributed by atoms with E-state index in [0.717, 1.165) is 43.2 Å². The molecule has 1 fully saturated rings. The van der Waals surface area contributed by atoms with Crippen LogP contribution in [0, 0.1) is 11.3 Å². The molecule has 3 aromatic rings. The number of aromatic amines is 1. The Morgan fingerprint density at radius 1 is 1.00 bits per heavy atom. The molecule has 0 aliphatic carbocycles. The average Bonchev–Trinajstić information content (AvgIpc) is 3.30. The molecule has 1 aromatic heterocycles. The average molecular weight is 388 g/mol. The van der Waals surface area contributed by atoms with Gasteiger partial charge in [-0.25, -0.2) is 0 Å². The normalized spacial score (nSPS) is 14.5. The number of hydrogen-bond donors (Lipinski definition) is 3. The van der Waals surface area contributed by atoms with Gasteiger partial charge in [-0.2, -0.15) is 10.5 Å². The molecule has 0 saturated carbocycles. The molecule has 3 N–H and O–H groups in total. The summed E-state index contributed by atoms with van der Waals surface area (Å²) in [5, 5.41) is 35.1. The number of aromatic hydroxyl groups is 1. The molecule has 0 bridgehead atoms. The van der Waals surface area contributed by atoms with Crippen molar-refractivity contribution in [3.63, 3.8) is 0 Å². The van der Waals surface area contributed by atoms with Crippen molar-refractivity contribution in [2.75, 3.05) is 41.3 Å². The van der Waals surface area contributed by atoms with E-state index in [1.165, 1.54) is 0 Å². The summed E-state index contributed by atoms with van der Waals surface area (Å²) in [6.07, 6.45) is 1.57. The summed E-state index contributed by atoms with van der Waals surface area (Å²) in [6.45, 7) is 3.68. The summed E-state index contributed by atoms with van der Waals surface area (Å²) >= 11 is 0. The second-order valence-corrected chi connectivity index (χ2v) is 6.59. The van der Waals surface area contributed by atoms with Gasteiger partial charge in [0.15, 0.2) is 0 Å². The van der Waals surface area contributed by atoms with E-state index in [2.05, 4.69) is 47.9 Å². The van der Waals surface area contributed by atoms with Crippen LogP contribution in [0.1, 0.15) is 5.82 Å². The highest BCUT2D eigenvalue weighted by atomic mass is 16.3. The maximum atomic E-state index is 9.44. The van der Waals surface area contributed by atoms with Crippen molar-refractivity contribution in [2.24, 2.45) is 0 Å². The first-order chi connectivity index (χ1) is 14.2. The topological polar surface area (TPSA) is 117 Å². The van der Waals surface area contributed by atoms with Gasteiger partial charge in [0.05, 0.1) is 0 Å². The molecule has 146 valence electrons. The number of H-pyrrole nitrogens is 1. The molecule has 0 radical (unpaired) electrons. The van der Waals surface area contributed by atoms with Crippen LogP contribution < -0.4 is 15.1 Å². The number of phenols is 1. The van der Waals surface area contributed by atoms with E-state index >= 15 is 0 Å². The third kappa shape index (κ3) is 4.27. The van der Waals surface area contributed by atoms with E-state index in [1.807, 2.05) is 30.3 Å². The first kappa shape index (κ1) is 18.3. The lowest BCUT2D eigenvalue weighted by Crippen LogP contribution is -2.46. The van der Waals surface area contributed by atoms with Gasteiger partial charge in [0.1, 0.15) is 17.4 Å². The Kier molecular flexibility index (Phi) is 5.25. The smallest absolute Gasteiger partial charge is 0.216 e. The van der Waals surface area contributed by atoms with Crippen LogP contribution in [0.5, 0.6) is 5.75 Å². The van der Waals surface area contributed by atoms with Crippen LogP contribution in [0.2, 0.25) is 0 Å². The Bertz CT molecular complexity index is 998. The number of rotatable bonds is 5. The molecular formula is C20H20N8O. The van der Waals surface area contributed by atoms with Gasteiger partial charge >= 0.3 is 0 Å². The van der Waals surface area contributed by atoms with Crippen molar-refractivity contribution in [1.29, 1.82) is 5.26 Å². The molecule has 1 aliphatic rings. The number of aromatic nitrogens is 4. The molecule has 0 unspecified atom stereocenters. The maximum Gasteiger partial charge on any atom is 0.216 e. The molecule has 1 saturated heterocycles. The first-order valence-corrected chi connectivity index (χ1v) is 9.22. The van der Waals surface area contributed by atoms with Crippen LogP contribution in [-0.4, -0.2) is 51.9 Å². The van der Waals surface area contributed by atoms with Crippen molar-refractivity contribution < 1.29 is 5.11 Å². The van der Waals surface area contributed by atoms with Crippen LogP contribution in [0.15, 0.2) is 54.7 Å². The summed E-state index contributed by atoms with van der Waals surface area (Å²) in [4.78, 5) is 4.66. The second-order valence-electron chi connectivity index (χ2n) is 6.59. The number of phenolic OH excluding ortho intramolecular Hbond substituents is 1. The standard InChI is InChI=1S/C20H20N8O/c21-13-15(20-23-25-26-24-20)14-22-16-1-3-17(4-2-16)27-9-11-28(12-10-27)18-5-7-19(29)8-6-18/h1-8,14,22,29H,9-12H2,(H,23,24,25,26). The highest BCUT2D eigenvalue weighted by Crippen LogP contribution is 2.23. The van der Waals surface area contributed by atoms with E-state index in [-0.39, 0.29) is 11.6 Å². The van der Waals surface area contributed by atoms with Crippen LogP contribution in [0.3, 0.4) is 0 Å². The van der Waals surface area contributed by atoms with Gasteiger partial charge < -0.3 is 20.2 Å². The van der Waals surface area contributed by atoms with Crippen molar-refractivity contribution in [2.45, 2.75) is 0 Å². The molecule has 2 heterocycles. The molecule has 1 aliphatic heterocycles. The van der Waals surface area contributed by atoms with Crippen molar-refractivity contribution in [1.82, 2.24) is 20.6 Å². The van der Waals surface area contributed by atoms with Gasteiger partial charge in [-0.1, -0.05) is 0 Å². The van der Waals surface area contributed by atoms with Gasteiger partial charge in [-0.3, -0.25) is 0 Å². The van der Waals surface area contributed by atoms with E-state index in [4.69, 9.17) is 0 Å². The summed E-state index contributed by atoms with van der Waals surface area (Å²) in [7, 11) is 0. The number of benzene rings is 2. The molecule has 0 amide bonds. The fraction of sp³-hybridized carbons (Fsp3) is 0.200. The van der Waals surface area contributed by atoms with Crippen molar-refractivity contribution >= 4 is 22.6 Å². The third-order valence-corrected chi connectivity index (χ3v) is 4.82. The number of nitrogens with one attached hydrogen (secondary N) is 2. The summed E-state index contributed by atoms with van der Waals surface area (Å²) in [6, 6.07) is 17.5. The quantitative estimate of drug-likeness (QED) is 0.570. The monoisotopic (exact) mass is 388 g/mol. The SMILES string of the molecule is N#CC(=CNc1ccc(N2CCN(c3ccc(O)cc3)CC2)cc1)c1nn[nH]n1. The molecule has 4 rings (SSSR count). The Hall–Kier alpha value is -4.06. The fourth-order valence-electron chi connectivity index (χ4n) is 3.23. The highest BCUT2D eigenvalue weighted by molar-refractivity contribution is 5.74. The lowest BCUT2D eigenvalue weighted by Gasteiger charge is -2.37. The van der Waals surface area contributed by atoms with Gasteiger partial charge in [0.25, 0.3) is 0 Å². The Balaban J connectivity index is 1.35. The molecule has 9 heteroatoms. The number of tetrazole rings is 1. The Morgan fingerprint density at radius 2 is 1.59 bits per heavy atom. The molecule has 9 nitrogen and oxygen atoms in total. The van der Waals surface area contributed by atoms with Crippen LogP contribution in [0.25, 0.3) is 5.57 Å². The zero-order valence-electron chi connectivity index (χ0n) is 15.7. The predicted molar refractivity (Wildman–Crippen MR) is 110 cm³/mol. The molecule has 0 spiro atoms. The minimum Gasteiger partial charge on any atom is -0.508 e. The zero-order chi connectivity index (χ0) is 20.1. The number of allylic oxidation sites excluding steroid dienone is 1. The van der Waals surface area contributed by atoms with Crippen LogP contribution in [-0.2, 0) is 0 Å². The van der Waals surface area contributed by atoms with E-state index in [0.29, 0.717) is 5.57 Å². The number of hydrogen-bond acceptors (Lipinski definition) is 8. The minimum absolute atomic E-state index is 0.253.